The van der Waals surface area contributed by atoms with E-state index in [1.807, 2.05) is 18.2 Å². The molecular weight excluding hydrogens is 422 g/mol. The minimum Gasteiger partial charge on any atom is -0.361 e. The number of piperidine rings is 1. The third-order valence-electron chi connectivity index (χ3n) is 6.66. The molecule has 166 valence electrons. The largest absolute Gasteiger partial charge is 0.361 e. The lowest BCUT2D eigenvalue weighted by Gasteiger charge is -2.31. The van der Waals surface area contributed by atoms with Crippen LogP contribution < -0.4 is 5.32 Å². The Morgan fingerprint density at radius 1 is 1.16 bits per heavy atom. The number of rotatable bonds is 5. The van der Waals surface area contributed by atoms with Gasteiger partial charge in [-0.05, 0) is 86.8 Å². The smallest absolute Gasteiger partial charge is 0.223 e. The minimum atomic E-state index is 0.0533. The van der Waals surface area contributed by atoms with Gasteiger partial charge < -0.3 is 15.3 Å². The molecule has 1 aliphatic heterocycles. The number of benzene rings is 2. The van der Waals surface area contributed by atoms with Crippen molar-refractivity contribution in [1.29, 1.82) is 0 Å². The lowest BCUT2D eigenvalue weighted by Crippen LogP contribution is -2.40. The number of aromatic nitrogens is 3. The van der Waals surface area contributed by atoms with E-state index in [1.165, 1.54) is 22.1 Å². The number of likely N-dealkylation sites (tertiary alicyclic amines) is 1. The van der Waals surface area contributed by atoms with Crippen LogP contribution in [0.15, 0.2) is 36.5 Å². The fraction of sp³-hybridized carbons (Fsp3) is 0.360. The number of carbonyl (C=O) groups excluding carboxylic acids is 1. The molecule has 0 spiro atoms. The number of H-pyrrole nitrogens is 2. The highest BCUT2D eigenvalue weighted by Crippen LogP contribution is 2.26. The van der Waals surface area contributed by atoms with Crippen LogP contribution in [0.1, 0.15) is 35.4 Å². The van der Waals surface area contributed by atoms with Crippen LogP contribution in [0.25, 0.3) is 21.9 Å². The molecule has 0 radical (unpaired) electrons. The summed E-state index contributed by atoms with van der Waals surface area (Å²) in [5, 5.41) is 5.01. The molecule has 4 aromatic rings. The number of nitrogens with one attached hydrogen (secondary N) is 3. The summed E-state index contributed by atoms with van der Waals surface area (Å²) in [7, 11) is 0. The summed E-state index contributed by atoms with van der Waals surface area (Å²) in [6.07, 6.45) is 3.80. The van der Waals surface area contributed by atoms with E-state index in [9.17, 15) is 4.79 Å². The molecule has 3 N–H and O–H groups in total. The Hall–Kier alpha value is -2.83. The van der Waals surface area contributed by atoms with Crippen molar-refractivity contribution >= 4 is 39.4 Å². The normalized spacial score (nSPS) is 15.6. The lowest BCUT2D eigenvalue weighted by molar-refractivity contribution is -0.126. The highest BCUT2D eigenvalue weighted by Gasteiger charge is 2.25. The average Bonchev–Trinajstić information content (AvgIpc) is 3.36. The third-order valence-corrected chi connectivity index (χ3v) is 6.89. The minimum absolute atomic E-state index is 0.0533. The van der Waals surface area contributed by atoms with Crippen LogP contribution in [-0.4, -0.2) is 38.8 Å². The van der Waals surface area contributed by atoms with Crippen molar-refractivity contribution in [2.45, 2.75) is 39.8 Å². The Balaban J connectivity index is 1.15. The molecule has 1 fully saturated rings. The van der Waals surface area contributed by atoms with Gasteiger partial charge in [-0.15, -0.1) is 0 Å². The summed E-state index contributed by atoms with van der Waals surface area (Å²) in [6.45, 7) is 7.31. The molecule has 3 heterocycles. The van der Waals surface area contributed by atoms with Crippen LogP contribution in [-0.2, 0) is 17.9 Å². The lowest BCUT2D eigenvalue weighted by atomic mass is 9.95. The van der Waals surface area contributed by atoms with Gasteiger partial charge in [-0.3, -0.25) is 9.69 Å². The number of hydrogen-bond donors (Lipinski definition) is 3. The second-order valence-corrected chi connectivity index (χ2v) is 9.35. The molecule has 0 unspecified atom stereocenters. The third kappa shape index (κ3) is 4.25. The number of fused-ring (bicyclic) bond motifs is 2. The van der Waals surface area contributed by atoms with Gasteiger partial charge in [-0.1, -0.05) is 11.6 Å². The fourth-order valence-electron chi connectivity index (χ4n) is 4.60. The van der Waals surface area contributed by atoms with Gasteiger partial charge >= 0.3 is 0 Å². The van der Waals surface area contributed by atoms with Crippen molar-refractivity contribution in [3.63, 3.8) is 0 Å². The zero-order chi connectivity index (χ0) is 22.2. The SMILES string of the molecule is Cc1cc2nc(CNC(=O)C3CCN(Cc4c[nH]c5ccc(Cl)cc45)CC3)[nH]c2cc1C. The molecule has 0 atom stereocenters. The highest BCUT2D eigenvalue weighted by atomic mass is 35.5. The van der Waals surface area contributed by atoms with Gasteiger partial charge in [0.25, 0.3) is 0 Å². The van der Waals surface area contributed by atoms with Crippen molar-refractivity contribution in [2.24, 2.45) is 5.92 Å². The Labute approximate surface area is 192 Å². The van der Waals surface area contributed by atoms with Crippen molar-refractivity contribution < 1.29 is 4.79 Å². The number of imidazole rings is 1. The molecule has 0 saturated carbocycles. The first-order valence-electron chi connectivity index (χ1n) is 11.2. The zero-order valence-corrected chi connectivity index (χ0v) is 19.2. The molecule has 7 heteroatoms. The number of hydrogen-bond acceptors (Lipinski definition) is 3. The predicted octanol–water partition coefficient (Wildman–Crippen LogP) is 4.84. The Bertz CT molecular complexity index is 1240. The summed E-state index contributed by atoms with van der Waals surface area (Å²) in [6, 6.07) is 10.1. The summed E-state index contributed by atoms with van der Waals surface area (Å²) in [5.41, 5.74) is 6.78. The number of carbonyl (C=O) groups is 1. The molecule has 0 aliphatic carbocycles. The second-order valence-electron chi connectivity index (χ2n) is 8.91. The molecule has 1 saturated heterocycles. The first-order valence-corrected chi connectivity index (χ1v) is 11.6. The first kappa shape index (κ1) is 21.0. The molecular formula is C25H28ClN5O. The van der Waals surface area contributed by atoms with Crippen molar-refractivity contribution in [3.8, 4) is 0 Å². The van der Waals surface area contributed by atoms with E-state index in [0.29, 0.717) is 6.54 Å². The second kappa shape index (κ2) is 8.60. The van der Waals surface area contributed by atoms with Crippen molar-refractivity contribution in [2.75, 3.05) is 13.1 Å². The van der Waals surface area contributed by atoms with E-state index < -0.39 is 0 Å². The molecule has 2 aromatic heterocycles. The van der Waals surface area contributed by atoms with E-state index in [0.717, 1.165) is 59.9 Å². The van der Waals surface area contributed by atoms with Gasteiger partial charge in [-0.2, -0.15) is 0 Å². The summed E-state index contributed by atoms with van der Waals surface area (Å²) in [4.78, 5) is 26.4. The van der Waals surface area contributed by atoms with E-state index in [-0.39, 0.29) is 11.8 Å². The summed E-state index contributed by atoms with van der Waals surface area (Å²) < 4.78 is 0. The summed E-state index contributed by atoms with van der Waals surface area (Å²) in [5.74, 6) is 0.975. The molecule has 1 amide bonds. The van der Waals surface area contributed by atoms with E-state index >= 15 is 0 Å². The van der Waals surface area contributed by atoms with Gasteiger partial charge in [-0.25, -0.2) is 4.98 Å². The fourth-order valence-corrected chi connectivity index (χ4v) is 4.77. The van der Waals surface area contributed by atoms with Gasteiger partial charge in [0.1, 0.15) is 5.82 Å². The zero-order valence-electron chi connectivity index (χ0n) is 18.5. The van der Waals surface area contributed by atoms with Crippen molar-refractivity contribution in [1.82, 2.24) is 25.2 Å². The standard InChI is InChI=1S/C25H28ClN5O/c1-15-9-22-23(10-16(15)2)30-24(29-22)13-28-25(32)17-5-7-31(8-6-17)14-18-12-27-21-4-3-19(26)11-20(18)21/h3-4,9-12,17,27H,5-8,13-14H2,1-2H3,(H,28,32)(H,29,30). The molecule has 2 aromatic carbocycles. The predicted molar refractivity (Wildman–Crippen MR) is 129 cm³/mol. The Morgan fingerprint density at radius 3 is 2.75 bits per heavy atom. The first-order chi connectivity index (χ1) is 15.5. The van der Waals surface area contributed by atoms with E-state index in [2.05, 4.69) is 57.3 Å². The van der Waals surface area contributed by atoms with Crippen LogP contribution in [0.3, 0.4) is 0 Å². The molecule has 0 bridgehead atoms. The van der Waals surface area contributed by atoms with Gasteiger partial charge in [0, 0.05) is 34.6 Å². The summed E-state index contributed by atoms with van der Waals surface area (Å²) >= 11 is 6.18. The van der Waals surface area contributed by atoms with Crippen LogP contribution >= 0.6 is 11.6 Å². The number of aromatic amines is 2. The number of nitrogens with zero attached hydrogens (tertiary/aromatic N) is 2. The maximum absolute atomic E-state index is 12.7. The average molecular weight is 450 g/mol. The number of amides is 1. The van der Waals surface area contributed by atoms with Crippen LogP contribution in [0, 0.1) is 19.8 Å². The van der Waals surface area contributed by atoms with E-state index in [1.54, 1.807) is 0 Å². The molecule has 32 heavy (non-hydrogen) atoms. The van der Waals surface area contributed by atoms with Crippen LogP contribution in [0.5, 0.6) is 0 Å². The molecule has 5 rings (SSSR count). The van der Waals surface area contributed by atoms with E-state index in [4.69, 9.17) is 11.6 Å². The Kier molecular flexibility index (Phi) is 5.66. The van der Waals surface area contributed by atoms with Crippen LogP contribution in [0.2, 0.25) is 5.02 Å². The maximum atomic E-state index is 12.7. The monoisotopic (exact) mass is 449 g/mol. The number of halogens is 1. The van der Waals surface area contributed by atoms with Crippen LogP contribution in [0.4, 0.5) is 0 Å². The van der Waals surface area contributed by atoms with Gasteiger partial charge in [0.2, 0.25) is 5.91 Å². The number of aryl methyl sites for hydroxylation is 2. The van der Waals surface area contributed by atoms with Crippen molar-refractivity contribution in [3.05, 3.63) is 64.1 Å². The maximum Gasteiger partial charge on any atom is 0.223 e. The molecule has 1 aliphatic rings. The molecule has 6 nitrogen and oxygen atoms in total. The Morgan fingerprint density at radius 2 is 1.94 bits per heavy atom. The van der Waals surface area contributed by atoms with Gasteiger partial charge in [0.15, 0.2) is 0 Å². The van der Waals surface area contributed by atoms with Gasteiger partial charge in [0.05, 0.1) is 17.6 Å². The highest BCUT2D eigenvalue weighted by molar-refractivity contribution is 6.31. The quantitative estimate of drug-likeness (QED) is 0.408. The topological polar surface area (TPSA) is 76.8 Å².